The molecule has 0 N–H and O–H groups in total. The van der Waals surface area contributed by atoms with Gasteiger partial charge in [0.05, 0.1) is 7.11 Å². The van der Waals surface area contributed by atoms with Gasteiger partial charge in [-0.25, -0.2) is 0 Å². The maximum atomic E-state index is 5.43. The zero-order valence-electron chi connectivity index (χ0n) is 10.2. The van der Waals surface area contributed by atoms with E-state index < -0.39 is 0 Å². The molecule has 3 heteroatoms. The van der Waals surface area contributed by atoms with Gasteiger partial charge in [0.15, 0.2) is 0 Å². The predicted molar refractivity (Wildman–Crippen MR) is 67.5 cm³/mol. The molecule has 17 heavy (non-hydrogen) atoms. The summed E-state index contributed by atoms with van der Waals surface area (Å²) in [5, 5.41) is 3.94. The molecule has 0 unspecified atom stereocenters. The summed E-state index contributed by atoms with van der Waals surface area (Å²) < 4.78 is 5.13. The summed E-state index contributed by atoms with van der Waals surface area (Å²) in [5.41, 5.74) is 0.875. The lowest BCUT2D eigenvalue weighted by Crippen LogP contribution is -2.13. The Balaban J connectivity index is 1.86. The second-order valence-electron chi connectivity index (χ2n) is 4.30. The van der Waals surface area contributed by atoms with Gasteiger partial charge >= 0.3 is 0 Å². The molecule has 1 radical (unpaired) electrons. The summed E-state index contributed by atoms with van der Waals surface area (Å²) in [6.45, 7) is 0. The van der Waals surface area contributed by atoms with Crippen molar-refractivity contribution in [3.05, 3.63) is 29.8 Å². The van der Waals surface area contributed by atoms with Crippen molar-refractivity contribution in [1.82, 2.24) is 0 Å². The highest BCUT2D eigenvalue weighted by Crippen LogP contribution is 2.20. The Bertz CT molecular complexity index is 370. The highest BCUT2D eigenvalue weighted by molar-refractivity contribution is 5.79. The summed E-state index contributed by atoms with van der Waals surface area (Å²) in [6.07, 6.45) is 9.22. The van der Waals surface area contributed by atoms with Crippen molar-refractivity contribution in [2.24, 2.45) is 5.16 Å². The van der Waals surface area contributed by atoms with E-state index in [1.165, 1.54) is 19.3 Å². The van der Waals surface area contributed by atoms with Crippen LogP contribution in [0.3, 0.4) is 0 Å². The number of ether oxygens (including phenoxy) is 1. The first kappa shape index (κ1) is 12.0. The molecule has 1 aromatic rings. The summed E-state index contributed by atoms with van der Waals surface area (Å²) in [5.74, 6) is 0.808. The maximum absolute atomic E-state index is 5.43. The van der Waals surface area contributed by atoms with E-state index in [0.717, 1.165) is 24.2 Å². The number of methoxy groups -OCH3 is 1. The van der Waals surface area contributed by atoms with E-state index in [2.05, 4.69) is 11.4 Å². The Morgan fingerprint density at radius 3 is 2.82 bits per heavy atom. The minimum atomic E-state index is 0.279. The van der Waals surface area contributed by atoms with Crippen LogP contribution in [0.15, 0.2) is 29.4 Å². The van der Waals surface area contributed by atoms with Crippen LogP contribution in [0.5, 0.6) is 5.75 Å². The first-order chi connectivity index (χ1) is 8.38. The molecule has 1 aliphatic carbocycles. The standard InChI is InChI=1S/C14H18NO2/c1-16-14-9-5-6-12(10-14)11-15-17-13-7-3-2-4-8-13/h5-6,9-10,13H,2-4,7-8H2,1H3. The Morgan fingerprint density at radius 2 is 2.06 bits per heavy atom. The molecule has 0 amide bonds. The molecule has 0 aromatic heterocycles. The van der Waals surface area contributed by atoms with Crippen LogP contribution in [0.2, 0.25) is 0 Å². The van der Waals surface area contributed by atoms with Gasteiger partial charge in [0.2, 0.25) is 0 Å². The Kier molecular flexibility index (Phi) is 4.42. The van der Waals surface area contributed by atoms with Crippen LogP contribution in [-0.4, -0.2) is 19.4 Å². The van der Waals surface area contributed by atoms with Crippen LogP contribution >= 0.6 is 0 Å². The molecular weight excluding hydrogens is 214 g/mol. The molecule has 91 valence electrons. The van der Waals surface area contributed by atoms with Gasteiger partial charge in [0.1, 0.15) is 18.1 Å². The highest BCUT2D eigenvalue weighted by atomic mass is 16.6. The van der Waals surface area contributed by atoms with E-state index in [0.29, 0.717) is 0 Å². The van der Waals surface area contributed by atoms with Gasteiger partial charge in [-0.15, -0.1) is 0 Å². The monoisotopic (exact) mass is 232 g/mol. The molecule has 1 saturated carbocycles. The second kappa shape index (κ2) is 6.28. The first-order valence-corrected chi connectivity index (χ1v) is 6.14. The summed E-state index contributed by atoms with van der Waals surface area (Å²) in [4.78, 5) is 5.43. The fourth-order valence-electron chi connectivity index (χ4n) is 2.02. The molecule has 1 fully saturated rings. The zero-order valence-corrected chi connectivity index (χ0v) is 10.2. The van der Waals surface area contributed by atoms with Crippen molar-refractivity contribution in [3.8, 4) is 5.75 Å². The lowest BCUT2D eigenvalue weighted by Gasteiger charge is -2.18. The third-order valence-electron chi connectivity index (χ3n) is 3.00. The fourth-order valence-corrected chi connectivity index (χ4v) is 2.02. The Hall–Kier alpha value is -1.51. The van der Waals surface area contributed by atoms with Crippen molar-refractivity contribution < 1.29 is 9.57 Å². The average Bonchev–Trinajstić information content (AvgIpc) is 2.40. The quantitative estimate of drug-likeness (QED) is 0.589. The van der Waals surface area contributed by atoms with Crippen LogP contribution in [0.1, 0.15) is 37.7 Å². The van der Waals surface area contributed by atoms with Gasteiger partial charge in [-0.05, 0) is 37.8 Å². The van der Waals surface area contributed by atoms with Gasteiger partial charge in [-0.2, -0.15) is 0 Å². The predicted octanol–water partition coefficient (Wildman–Crippen LogP) is 3.26. The summed E-state index contributed by atoms with van der Waals surface area (Å²) in [7, 11) is 1.65. The van der Waals surface area contributed by atoms with E-state index >= 15 is 0 Å². The van der Waals surface area contributed by atoms with E-state index in [1.807, 2.05) is 24.3 Å². The molecule has 2 rings (SSSR count). The average molecular weight is 232 g/mol. The Morgan fingerprint density at radius 1 is 1.24 bits per heavy atom. The molecule has 0 spiro atoms. The molecule has 1 aliphatic rings. The van der Waals surface area contributed by atoms with E-state index in [-0.39, 0.29) is 6.10 Å². The van der Waals surface area contributed by atoms with Crippen molar-refractivity contribution in [2.75, 3.05) is 7.11 Å². The number of nitrogens with zero attached hydrogens (tertiary/aromatic N) is 1. The SMILES string of the molecule is COc1cccc(/[C]=N/OC2CCCCC2)c1. The van der Waals surface area contributed by atoms with Crippen LogP contribution in [0.4, 0.5) is 0 Å². The third kappa shape index (κ3) is 3.77. The first-order valence-electron chi connectivity index (χ1n) is 6.14. The van der Waals surface area contributed by atoms with Crippen LogP contribution in [0, 0.1) is 0 Å². The van der Waals surface area contributed by atoms with Gasteiger partial charge in [0, 0.05) is 5.56 Å². The van der Waals surface area contributed by atoms with Crippen LogP contribution < -0.4 is 4.74 Å². The van der Waals surface area contributed by atoms with Crippen molar-refractivity contribution in [1.29, 1.82) is 0 Å². The maximum Gasteiger partial charge on any atom is 0.139 e. The largest absolute Gasteiger partial charge is 0.497 e. The molecule has 0 bridgehead atoms. The molecule has 3 nitrogen and oxygen atoms in total. The van der Waals surface area contributed by atoms with Crippen molar-refractivity contribution >= 4 is 6.21 Å². The van der Waals surface area contributed by atoms with Gasteiger partial charge in [-0.1, -0.05) is 23.7 Å². The lowest BCUT2D eigenvalue weighted by atomic mass is 9.98. The Labute approximate surface area is 102 Å². The van der Waals surface area contributed by atoms with E-state index in [4.69, 9.17) is 9.57 Å². The topological polar surface area (TPSA) is 30.8 Å². The summed E-state index contributed by atoms with van der Waals surface area (Å²) >= 11 is 0. The van der Waals surface area contributed by atoms with Crippen LogP contribution in [0.25, 0.3) is 0 Å². The van der Waals surface area contributed by atoms with Crippen molar-refractivity contribution in [3.63, 3.8) is 0 Å². The minimum Gasteiger partial charge on any atom is -0.497 e. The van der Waals surface area contributed by atoms with Gasteiger partial charge in [-0.3, -0.25) is 0 Å². The van der Waals surface area contributed by atoms with Crippen molar-refractivity contribution in [2.45, 2.75) is 38.2 Å². The zero-order chi connectivity index (χ0) is 11.9. The summed E-state index contributed by atoms with van der Waals surface area (Å²) in [6, 6.07) is 7.62. The van der Waals surface area contributed by atoms with Gasteiger partial charge in [0.25, 0.3) is 0 Å². The smallest absolute Gasteiger partial charge is 0.139 e. The molecule has 1 aromatic carbocycles. The highest BCUT2D eigenvalue weighted by Gasteiger charge is 2.13. The number of hydrogen-bond acceptors (Lipinski definition) is 3. The van der Waals surface area contributed by atoms with Crippen LogP contribution in [-0.2, 0) is 4.84 Å². The fraction of sp³-hybridized carbons (Fsp3) is 0.500. The number of rotatable bonds is 4. The third-order valence-corrected chi connectivity index (χ3v) is 3.00. The minimum absolute atomic E-state index is 0.279. The molecular formula is C14H18NO2. The molecule has 0 heterocycles. The van der Waals surface area contributed by atoms with E-state index in [1.54, 1.807) is 7.11 Å². The number of hydrogen-bond donors (Lipinski definition) is 0. The normalized spacial score (nSPS) is 17.2. The van der Waals surface area contributed by atoms with Gasteiger partial charge < -0.3 is 9.57 Å². The second-order valence-corrected chi connectivity index (χ2v) is 4.30. The molecule has 0 aliphatic heterocycles. The number of benzene rings is 1. The lowest BCUT2D eigenvalue weighted by molar-refractivity contribution is 0.0340. The van der Waals surface area contributed by atoms with E-state index in [9.17, 15) is 0 Å². The molecule has 0 atom stereocenters. The molecule has 0 saturated heterocycles.